The number of hydrogen-bond acceptors (Lipinski definition) is 0. The van der Waals surface area contributed by atoms with Gasteiger partial charge in [-0.3, -0.25) is 0 Å². The van der Waals surface area contributed by atoms with Gasteiger partial charge in [0, 0.05) is 0 Å². The van der Waals surface area contributed by atoms with Crippen molar-refractivity contribution in [3.05, 3.63) is 43.3 Å². The molecule has 0 saturated heterocycles. The first-order chi connectivity index (χ1) is 3.39. The van der Waals surface area contributed by atoms with E-state index in [9.17, 15) is 0 Å². The number of benzene rings is 1. The van der Waals surface area contributed by atoms with E-state index in [0.717, 1.165) is 0 Å². The van der Waals surface area contributed by atoms with Crippen LogP contribution in [0, 0.1) is 20.4 Å². The van der Waals surface area contributed by atoms with Crippen LogP contribution in [-0.2, 0) is 0 Å². The van der Waals surface area contributed by atoms with Crippen molar-refractivity contribution >= 4 is 23.1 Å². The Kier molecular flexibility index (Phi) is 7.97. The Balaban J connectivity index is 0. The van der Waals surface area contributed by atoms with E-state index in [4.69, 9.17) is 0 Å². The van der Waals surface area contributed by atoms with Gasteiger partial charge in [0.05, 0.1) is 0 Å². The van der Waals surface area contributed by atoms with Crippen LogP contribution in [0.15, 0.2) is 24.3 Å². The first-order valence-electron chi connectivity index (χ1n) is 2.33. The molecule has 0 nitrogen and oxygen atoms in total. The normalized spacial score (nSPS) is 6.78. The molecule has 0 spiro atoms. The Morgan fingerprint density at radius 2 is 2.00 bits per heavy atom. The number of rotatable bonds is 0. The average Bonchev–Trinajstić information content (AvgIpc) is 1.69. The second-order valence-corrected chi connectivity index (χ2v) is 1.55. The summed E-state index contributed by atoms with van der Waals surface area (Å²) in [5, 5.41) is 0. The van der Waals surface area contributed by atoms with Crippen LogP contribution in [0.5, 0.6) is 0 Å². The van der Waals surface area contributed by atoms with E-state index >= 15 is 0 Å². The Bertz CT molecular complexity index is 134. The summed E-state index contributed by atoms with van der Waals surface area (Å²) in [5.41, 5.74) is 1.20. The monoisotopic (exact) mass is 130 g/mol. The third kappa shape index (κ3) is 4.49. The van der Waals surface area contributed by atoms with Gasteiger partial charge in [-0.05, 0) is 0 Å². The van der Waals surface area contributed by atoms with Gasteiger partial charge < -0.3 is 7.43 Å². The second kappa shape index (κ2) is 6.11. The predicted molar refractivity (Wildman–Crippen MR) is 42.2 cm³/mol. The van der Waals surface area contributed by atoms with Crippen molar-refractivity contribution in [1.29, 1.82) is 0 Å². The van der Waals surface area contributed by atoms with Crippen molar-refractivity contribution in [3.63, 3.8) is 0 Å². The zero-order valence-electron chi connectivity index (χ0n) is 6.02. The molecule has 0 unspecified atom stereocenters. The van der Waals surface area contributed by atoms with Gasteiger partial charge in [-0.1, -0.05) is 6.92 Å². The Labute approximate surface area is 73.4 Å². The summed E-state index contributed by atoms with van der Waals surface area (Å²) in [6.45, 7) is 2.03. The quantitative estimate of drug-likeness (QED) is 0.372. The number of aryl methyl sites for hydroxylation is 1. The third-order valence-corrected chi connectivity index (χ3v) is 0.865. The van der Waals surface area contributed by atoms with Crippen LogP contribution in [0.25, 0.3) is 0 Å². The molecule has 0 amide bonds. The minimum absolute atomic E-state index is 0. The van der Waals surface area contributed by atoms with Gasteiger partial charge in [0.2, 0.25) is 0 Å². The predicted octanol–water partition coefficient (Wildman–Crippen LogP) is 1.86. The van der Waals surface area contributed by atoms with Crippen LogP contribution < -0.4 is 0 Å². The smallest absolute Gasteiger partial charge is 0.358 e. The SMILES string of the molecule is Cc1[c-]cccc1.[CH3-].[Mg+2]. The summed E-state index contributed by atoms with van der Waals surface area (Å²) in [6.07, 6.45) is 0. The van der Waals surface area contributed by atoms with E-state index < -0.39 is 0 Å². The average molecular weight is 130 g/mol. The summed E-state index contributed by atoms with van der Waals surface area (Å²) in [6, 6.07) is 10.9. The van der Waals surface area contributed by atoms with Crippen molar-refractivity contribution in [1.82, 2.24) is 0 Å². The zero-order chi connectivity index (χ0) is 5.11. The van der Waals surface area contributed by atoms with Crippen LogP contribution in [-0.4, -0.2) is 23.1 Å². The summed E-state index contributed by atoms with van der Waals surface area (Å²) < 4.78 is 0. The molecule has 0 saturated carbocycles. The van der Waals surface area contributed by atoms with E-state index in [2.05, 4.69) is 6.07 Å². The van der Waals surface area contributed by atoms with Gasteiger partial charge in [0.15, 0.2) is 0 Å². The molecule has 0 heterocycles. The Morgan fingerprint density at radius 3 is 2.22 bits per heavy atom. The van der Waals surface area contributed by atoms with Gasteiger partial charge in [-0.2, -0.15) is 35.9 Å². The molecule has 1 rings (SSSR count). The molecule has 1 aromatic carbocycles. The van der Waals surface area contributed by atoms with E-state index in [1.807, 2.05) is 31.2 Å². The maximum Gasteiger partial charge on any atom is 2.00 e. The van der Waals surface area contributed by atoms with E-state index in [-0.39, 0.29) is 30.5 Å². The van der Waals surface area contributed by atoms with Gasteiger partial charge in [-0.15, -0.1) is 0 Å². The Morgan fingerprint density at radius 1 is 1.33 bits per heavy atom. The van der Waals surface area contributed by atoms with E-state index in [0.29, 0.717) is 0 Å². The van der Waals surface area contributed by atoms with Crippen LogP contribution in [0.1, 0.15) is 5.56 Å². The fourth-order valence-corrected chi connectivity index (χ4v) is 0.483. The molecular weight excluding hydrogens is 120 g/mol. The maximum absolute atomic E-state index is 3.03. The van der Waals surface area contributed by atoms with E-state index in [1.54, 1.807) is 0 Å². The first kappa shape index (κ1) is 11.7. The topological polar surface area (TPSA) is 0 Å². The molecule has 0 aliphatic rings. The van der Waals surface area contributed by atoms with Gasteiger partial charge in [0.25, 0.3) is 0 Å². The van der Waals surface area contributed by atoms with E-state index in [1.165, 1.54) is 5.56 Å². The Hall–Kier alpha value is -0.0138. The molecule has 1 aromatic rings. The van der Waals surface area contributed by atoms with Gasteiger partial charge >= 0.3 is 23.1 Å². The van der Waals surface area contributed by atoms with Gasteiger partial charge in [-0.25, -0.2) is 0 Å². The summed E-state index contributed by atoms with van der Waals surface area (Å²) in [5.74, 6) is 0. The molecule has 0 aliphatic carbocycles. The molecule has 0 N–H and O–H groups in total. The van der Waals surface area contributed by atoms with Crippen molar-refractivity contribution < 1.29 is 0 Å². The first-order valence-corrected chi connectivity index (χ1v) is 2.33. The van der Waals surface area contributed by atoms with Crippen LogP contribution in [0.4, 0.5) is 0 Å². The fourth-order valence-electron chi connectivity index (χ4n) is 0.483. The molecule has 9 heavy (non-hydrogen) atoms. The maximum atomic E-state index is 3.03. The van der Waals surface area contributed by atoms with Crippen molar-refractivity contribution in [2.24, 2.45) is 0 Å². The standard InChI is InChI=1S/C7H7.CH3.Mg/c1-7-5-3-2-4-6-7;;/h2-5H,1H3;1H3;/q2*-1;+2. The largest absolute Gasteiger partial charge is 2.00 e. The molecule has 0 atom stereocenters. The van der Waals surface area contributed by atoms with Crippen LogP contribution in [0.3, 0.4) is 0 Å². The summed E-state index contributed by atoms with van der Waals surface area (Å²) in [7, 11) is 0. The molecular formula is C8H10Mg. The minimum Gasteiger partial charge on any atom is -0.358 e. The molecule has 0 radical (unpaired) electrons. The molecule has 0 aromatic heterocycles. The van der Waals surface area contributed by atoms with Gasteiger partial charge in [0.1, 0.15) is 0 Å². The van der Waals surface area contributed by atoms with Crippen molar-refractivity contribution in [2.45, 2.75) is 6.92 Å². The minimum atomic E-state index is 0. The second-order valence-electron chi connectivity index (χ2n) is 1.55. The van der Waals surface area contributed by atoms with Crippen molar-refractivity contribution in [3.8, 4) is 0 Å². The van der Waals surface area contributed by atoms with Crippen LogP contribution in [0.2, 0.25) is 0 Å². The molecule has 1 heteroatoms. The summed E-state index contributed by atoms with van der Waals surface area (Å²) >= 11 is 0. The molecule has 0 fully saturated rings. The van der Waals surface area contributed by atoms with Crippen LogP contribution >= 0.6 is 0 Å². The zero-order valence-corrected chi connectivity index (χ0v) is 7.43. The van der Waals surface area contributed by atoms with Crippen molar-refractivity contribution in [2.75, 3.05) is 0 Å². The third-order valence-electron chi connectivity index (χ3n) is 0.865. The summed E-state index contributed by atoms with van der Waals surface area (Å²) in [4.78, 5) is 0. The number of hydrogen-bond donors (Lipinski definition) is 0. The molecule has 0 bridgehead atoms. The fraction of sp³-hybridized carbons (Fsp3) is 0.125. The molecule has 0 aliphatic heterocycles. The molecule has 44 valence electrons.